The highest BCUT2D eigenvalue weighted by Crippen LogP contribution is 2.20. The van der Waals surface area contributed by atoms with Gasteiger partial charge in [0, 0.05) is 5.56 Å². The van der Waals surface area contributed by atoms with Gasteiger partial charge in [0.05, 0.1) is 17.8 Å². The SMILES string of the molecule is Cc1nn2c(c1C)c(=O)[nH]c1cc(CO)cc(F)c12. The van der Waals surface area contributed by atoms with Crippen LogP contribution in [0.4, 0.5) is 4.39 Å². The van der Waals surface area contributed by atoms with Crippen molar-refractivity contribution in [2.75, 3.05) is 0 Å². The Morgan fingerprint density at radius 2 is 2.11 bits per heavy atom. The van der Waals surface area contributed by atoms with Gasteiger partial charge in [-0.25, -0.2) is 8.91 Å². The second-order valence-electron chi connectivity index (χ2n) is 4.56. The number of hydrogen-bond donors (Lipinski definition) is 2. The number of hydrogen-bond acceptors (Lipinski definition) is 3. The Bertz CT molecular complexity index is 864. The molecule has 98 valence electrons. The van der Waals surface area contributed by atoms with Crippen LogP contribution in [-0.4, -0.2) is 19.7 Å². The average molecular weight is 261 g/mol. The van der Waals surface area contributed by atoms with E-state index >= 15 is 0 Å². The van der Waals surface area contributed by atoms with Gasteiger partial charge in [0.1, 0.15) is 11.0 Å². The number of aliphatic hydroxyl groups is 1. The summed E-state index contributed by atoms with van der Waals surface area (Å²) >= 11 is 0. The third-order valence-electron chi connectivity index (χ3n) is 3.34. The van der Waals surface area contributed by atoms with Crippen LogP contribution in [0.5, 0.6) is 0 Å². The highest BCUT2D eigenvalue weighted by atomic mass is 19.1. The Hall–Kier alpha value is -2.21. The Kier molecular flexibility index (Phi) is 2.43. The molecule has 0 bridgehead atoms. The molecular formula is C13H12FN3O2. The minimum atomic E-state index is -0.523. The van der Waals surface area contributed by atoms with Crippen LogP contribution in [0.15, 0.2) is 16.9 Å². The van der Waals surface area contributed by atoms with Gasteiger partial charge < -0.3 is 10.1 Å². The lowest BCUT2D eigenvalue weighted by molar-refractivity contribution is 0.281. The summed E-state index contributed by atoms with van der Waals surface area (Å²) in [5.74, 6) is -0.523. The number of nitrogens with one attached hydrogen (secondary N) is 1. The van der Waals surface area contributed by atoms with Gasteiger partial charge in [-0.3, -0.25) is 4.79 Å². The number of aryl methyl sites for hydroxylation is 2. The van der Waals surface area contributed by atoms with Crippen LogP contribution in [0.25, 0.3) is 16.6 Å². The van der Waals surface area contributed by atoms with Crippen LogP contribution < -0.4 is 5.56 Å². The maximum absolute atomic E-state index is 14.1. The van der Waals surface area contributed by atoms with E-state index in [2.05, 4.69) is 10.1 Å². The largest absolute Gasteiger partial charge is 0.392 e. The van der Waals surface area contributed by atoms with Crippen LogP contribution in [-0.2, 0) is 6.61 Å². The van der Waals surface area contributed by atoms with Crippen molar-refractivity contribution < 1.29 is 9.50 Å². The maximum atomic E-state index is 14.1. The lowest BCUT2D eigenvalue weighted by Crippen LogP contribution is -2.12. The van der Waals surface area contributed by atoms with E-state index in [4.69, 9.17) is 5.11 Å². The number of fused-ring (bicyclic) bond motifs is 3. The fraction of sp³-hybridized carbons (Fsp3) is 0.231. The average Bonchev–Trinajstić information content (AvgIpc) is 2.65. The highest BCUT2D eigenvalue weighted by Gasteiger charge is 2.15. The van der Waals surface area contributed by atoms with Crippen LogP contribution in [0.2, 0.25) is 0 Å². The van der Waals surface area contributed by atoms with Gasteiger partial charge in [-0.2, -0.15) is 5.10 Å². The van der Waals surface area contributed by atoms with Crippen molar-refractivity contribution in [3.8, 4) is 0 Å². The predicted octanol–water partition coefficient (Wildman–Crippen LogP) is 1.42. The second kappa shape index (κ2) is 3.89. The van der Waals surface area contributed by atoms with E-state index in [0.29, 0.717) is 22.3 Å². The normalized spacial score (nSPS) is 11.6. The van der Waals surface area contributed by atoms with Crippen molar-refractivity contribution in [1.29, 1.82) is 0 Å². The molecule has 0 fully saturated rings. The van der Waals surface area contributed by atoms with E-state index in [1.807, 2.05) is 0 Å². The van der Waals surface area contributed by atoms with Crippen molar-refractivity contribution in [3.05, 3.63) is 45.1 Å². The standard InChI is InChI=1S/C13H12FN3O2/c1-6-7(2)16-17-11(6)13(19)15-10-4-8(5-18)3-9(14)12(10)17/h3-4,18H,5H2,1-2H3,(H,15,19). The van der Waals surface area contributed by atoms with E-state index in [1.165, 1.54) is 10.6 Å². The molecule has 19 heavy (non-hydrogen) atoms. The summed E-state index contributed by atoms with van der Waals surface area (Å²) in [5.41, 5.74) is 2.38. The monoisotopic (exact) mass is 261 g/mol. The first-order chi connectivity index (χ1) is 9.02. The number of aliphatic hydroxyl groups excluding tert-OH is 1. The molecule has 0 unspecified atom stereocenters. The number of aromatic amines is 1. The minimum Gasteiger partial charge on any atom is -0.392 e. The topological polar surface area (TPSA) is 70.4 Å². The zero-order valence-electron chi connectivity index (χ0n) is 10.5. The van der Waals surface area contributed by atoms with Crippen LogP contribution in [0, 0.1) is 19.7 Å². The molecule has 6 heteroatoms. The highest BCUT2D eigenvalue weighted by molar-refractivity contribution is 5.80. The fourth-order valence-corrected chi connectivity index (χ4v) is 2.27. The van der Waals surface area contributed by atoms with Gasteiger partial charge >= 0.3 is 0 Å². The molecule has 3 rings (SSSR count). The van der Waals surface area contributed by atoms with Crippen molar-refractivity contribution in [2.24, 2.45) is 0 Å². The molecule has 0 aliphatic heterocycles. The Labute approximate surface area is 107 Å². The number of nitrogens with zero attached hydrogens (tertiary/aromatic N) is 2. The lowest BCUT2D eigenvalue weighted by Gasteiger charge is -2.05. The van der Waals surface area contributed by atoms with Crippen molar-refractivity contribution >= 4 is 16.6 Å². The summed E-state index contributed by atoms with van der Waals surface area (Å²) in [6, 6.07) is 2.79. The van der Waals surface area contributed by atoms with Crippen LogP contribution >= 0.6 is 0 Å². The number of aromatic nitrogens is 3. The van der Waals surface area contributed by atoms with Gasteiger partial charge in [0.2, 0.25) is 0 Å². The molecule has 0 saturated heterocycles. The van der Waals surface area contributed by atoms with Crippen molar-refractivity contribution in [1.82, 2.24) is 14.6 Å². The molecule has 0 spiro atoms. The number of benzene rings is 1. The molecule has 0 atom stereocenters. The number of H-pyrrole nitrogens is 1. The van der Waals surface area contributed by atoms with Crippen LogP contribution in [0.3, 0.4) is 0 Å². The third kappa shape index (κ3) is 1.57. The van der Waals surface area contributed by atoms with Crippen LogP contribution in [0.1, 0.15) is 16.8 Å². The Morgan fingerprint density at radius 1 is 1.37 bits per heavy atom. The zero-order chi connectivity index (χ0) is 13.7. The molecule has 0 amide bonds. The Balaban J connectivity index is 2.60. The molecular weight excluding hydrogens is 249 g/mol. The second-order valence-corrected chi connectivity index (χ2v) is 4.56. The van der Waals surface area contributed by atoms with E-state index in [-0.39, 0.29) is 17.7 Å². The fourth-order valence-electron chi connectivity index (χ4n) is 2.27. The molecule has 0 saturated carbocycles. The van der Waals surface area contributed by atoms with E-state index in [0.717, 1.165) is 5.56 Å². The summed E-state index contributed by atoms with van der Waals surface area (Å²) in [4.78, 5) is 14.7. The summed E-state index contributed by atoms with van der Waals surface area (Å²) in [6.45, 7) is 3.26. The van der Waals surface area contributed by atoms with Crippen molar-refractivity contribution in [2.45, 2.75) is 20.5 Å². The van der Waals surface area contributed by atoms with Crippen molar-refractivity contribution in [3.63, 3.8) is 0 Å². The summed E-state index contributed by atoms with van der Waals surface area (Å²) in [5, 5.41) is 13.3. The molecule has 0 aliphatic carbocycles. The van der Waals surface area contributed by atoms with E-state index in [9.17, 15) is 9.18 Å². The Morgan fingerprint density at radius 3 is 2.79 bits per heavy atom. The molecule has 3 aromatic rings. The number of halogens is 1. The number of rotatable bonds is 1. The summed E-state index contributed by atoms with van der Waals surface area (Å²) in [6.07, 6.45) is 0. The maximum Gasteiger partial charge on any atom is 0.274 e. The summed E-state index contributed by atoms with van der Waals surface area (Å²) < 4.78 is 15.5. The molecule has 2 aromatic heterocycles. The quantitative estimate of drug-likeness (QED) is 0.696. The molecule has 2 heterocycles. The van der Waals surface area contributed by atoms with Gasteiger partial charge in [0.15, 0.2) is 5.82 Å². The van der Waals surface area contributed by atoms with Gasteiger partial charge in [-0.05, 0) is 31.5 Å². The summed E-state index contributed by atoms with van der Waals surface area (Å²) in [7, 11) is 0. The van der Waals surface area contributed by atoms with E-state index in [1.54, 1.807) is 19.9 Å². The predicted molar refractivity (Wildman–Crippen MR) is 68.7 cm³/mol. The molecule has 0 radical (unpaired) electrons. The molecule has 0 aliphatic rings. The lowest BCUT2D eigenvalue weighted by atomic mass is 10.2. The molecule has 5 nitrogen and oxygen atoms in total. The smallest absolute Gasteiger partial charge is 0.274 e. The zero-order valence-corrected chi connectivity index (χ0v) is 10.5. The minimum absolute atomic E-state index is 0.211. The third-order valence-corrected chi connectivity index (χ3v) is 3.34. The van der Waals surface area contributed by atoms with Gasteiger partial charge in [0.25, 0.3) is 5.56 Å². The molecule has 2 N–H and O–H groups in total. The van der Waals surface area contributed by atoms with Gasteiger partial charge in [-0.15, -0.1) is 0 Å². The first kappa shape index (κ1) is 11.9. The van der Waals surface area contributed by atoms with Gasteiger partial charge in [-0.1, -0.05) is 0 Å². The first-order valence-corrected chi connectivity index (χ1v) is 5.84. The molecule has 1 aromatic carbocycles. The van der Waals surface area contributed by atoms with E-state index < -0.39 is 5.82 Å². The first-order valence-electron chi connectivity index (χ1n) is 5.84.